The van der Waals surface area contributed by atoms with E-state index in [4.69, 9.17) is 5.11 Å². The molecule has 4 nitrogen and oxygen atoms in total. The lowest BCUT2D eigenvalue weighted by atomic mass is 10.1. The molecule has 1 rings (SSSR count). The molecule has 1 aromatic rings. The number of aromatic carboxylic acids is 1. The van der Waals surface area contributed by atoms with E-state index in [9.17, 15) is 9.59 Å². The van der Waals surface area contributed by atoms with Crippen molar-refractivity contribution in [3.8, 4) is 0 Å². The summed E-state index contributed by atoms with van der Waals surface area (Å²) in [5.74, 6) is -1.20. The van der Waals surface area contributed by atoms with E-state index in [1.165, 1.54) is 6.07 Å². The number of unbranched alkanes of at least 4 members (excludes halogenated alkanes) is 3. The monoisotopic (exact) mass is 327 g/mol. The van der Waals surface area contributed by atoms with E-state index < -0.39 is 5.97 Å². The van der Waals surface area contributed by atoms with E-state index in [0.717, 1.165) is 25.7 Å². The highest BCUT2D eigenvalue weighted by Crippen LogP contribution is 2.26. The number of anilines is 1. The van der Waals surface area contributed by atoms with Gasteiger partial charge in [0.1, 0.15) is 0 Å². The van der Waals surface area contributed by atoms with Gasteiger partial charge in [-0.15, -0.1) is 0 Å². The first kappa shape index (κ1) is 15.7. The first-order valence-corrected chi connectivity index (χ1v) is 7.17. The summed E-state index contributed by atoms with van der Waals surface area (Å²) in [6, 6.07) is 4.81. The fraction of sp³-hybridized carbons (Fsp3) is 0.429. The molecule has 0 aliphatic heterocycles. The van der Waals surface area contributed by atoms with E-state index >= 15 is 0 Å². The molecule has 5 heteroatoms. The van der Waals surface area contributed by atoms with Crippen molar-refractivity contribution in [1.29, 1.82) is 0 Å². The molecule has 19 heavy (non-hydrogen) atoms. The summed E-state index contributed by atoms with van der Waals surface area (Å²) in [5, 5.41) is 11.7. The standard InChI is InChI=1S/C14H18BrNO3/c1-2-3-4-5-9-12(17)16-13-10(14(18)19)7-6-8-11(13)15/h6-8H,2-5,9H2,1H3,(H,16,17)(H,18,19). The lowest BCUT2D eigenvalue weighted by molar-refractivity contribution is -0.116. The second-order valence-electron chi connectivity index (χ2n) is 4.33. The first-order valence-electron chi connectivity index (χ1n) is 6.38. The van der Waals surface area contributed by atoms with Gasteiger partial charge in [0.15, 0.2) is 0 Å². The van der Waals surface area contributed by atoms with Crippen LogP contribution in [0, 0.1) is 0 Å². The maximum absolute atomic E-state index is 11.8. The third-order valence-electron chi connectivity index (χ3n) is 2.77. The smallest absolute Gasteiger partial charge is 0.337 e. The average molecular weight is 328 g/mol. The van der Waals surface area contributed by atoms with E-state index in [-0.39, 0.29) is 11.5 Å². The van der Waals surface area contributed by atoms with Crippen LogP contribution in [0.4, 0.5) is 5.69 Å². The fourth-order valence-corrected chi connectivity index (χ4v) is 2.21. The zero-order valence-electron chi connectivity index (χ0n) is 10.9. The van der Waals surface area contributed by atoms with Gasteiger partial charge in [0, 0.05) is 10.9 Å². The van der Waals surface area contributed by atoms with Crippen LogP contribution >= 0.6 is 15.9 Å². The zero-order chi connectivity index (χ0) is 14.3. The van der Waals surface area contributed by atoms with Gasteiger partial charge in [-0.2, -0.15) is 0 Å². The lowest BCUT2D eigenvalue weighted by Gasteiger charge is -2.10. The molecule has 2 N–H and O–H groups in total. The topological polar surface area (TPSA) is 66.4 Å². The van der Waals surface area contributed by atoms with Crippen LogP contribution in [0.3, 0.4) is 0 Å². The van der Waals surface area contributed by atoms with Crippen LogP contribution in [0.15, 0.2) is 22.7 Å². The molecule has 0 bridgehead atoms. The summed E-state index contributed by atoms with van der Waals surface area (Å²) in [6.45, 7) is 2.11. The van der Waals surface area contributed by atoms with Crippen molar-refractivity contribution >= 4 is 33.5 Å². The summed E-state index contributed by atoms with van der Waals surface area (Å²) >= 11 is 3.26. The van der Waals surface area contributed by atoms with Gasteiger partial charge < -0.3 is 10.4 Å². The number of benzene rings is 1. The molecule has 1 amide bonds. The maximum Gasteiger partial charge on any atom is 0.337 e. The van der Waals surface area contributed by atoms with Crippen LogP contribution in [0.25, 0.3) is 0 Å². The molecular formula is C14H18BrNO3. The Morgan fingerprint density at radius 3 is 2.63 bits per heavy atom. The molecule has 0 unspecified atom stereocenters. The number of para-hydroxylation sites is 1. The molecule has 0 aliphatic carbocycles. The van der Waals surface area contributed by atoms with Crippen LogP contribution in [0.5, 0.6) is 0 Å². The lowest BCUT2D eigenvalue weighted by Crippen LogP contribution is -2.14. The minimum atomic E-state index is -1.05. The van der Waals surface area contributed by atoms with Crippen molar-refractivity contribution in [2.45, 2.75) is 39.0 Å². The Labute approximate surface area is 121 Å². The largest absolute Gasteiger partial charge is 0.478 e. The van der Waals surface area contributed by atoms with Gasteiger partial charge in [0.2, 0.25) is 5.91 Å². The van der Waals surface area contributed by atoms with Gasteiger partial charge >= 0.3 is 5.97 Å². The van der Waals surface area contributed by atoms with Crippen LogP contribution in [-0.2, 0) is 4.79 Å². The summed E-state index contributed by atoms with van der Waals surface area (Å²) in [5.41, 5.74) is 0.423. The minimum Gasteiger partial charge on any atom is -0.478 e. The van der Waals surface area contributed by atoms with Crippen LogP contribution in [-0.4, -0.2) is 17.0 Å². The van der Waals surface area contributed by atoms with Crippen molar-refractivity contribution in [2.75, 3.05) is 5.32 Å². The van der Waals surface area contributed by atoms with Crippen molar-refractivity contribution in [1.82, 2.24) is 0 Å². The highest BCUT2D eigenvalue weighted by atomic mass is 79.9. The summed E-state index contributed by atoms with van der Waals surface area (Å²) < 4.78 is 0.578. The second-order valence-corrected chi connectivity index (χ2v) is 5.18. The van der Waals surface area contributed by atoms with Gasteiger partial charge in [-0.1, -0.05) is 32.3 Å². The minimum absolute atomic E-state index is 0.0938. The molecule has 0 fully saturated rings. The number of carbonyl (C=O) groups excluding carboxylic acids is 1. The van der Waals surface area contributed by atoms with E-state index in [1.807, 2.05) is 0 Å². The molecule has 0 saturated carbocycles. The number of rotatable bonds is 7. The fourth-order valence-electron chi connectivity index (χ4n) is 1.74. The maximum atomic E-state index is 11.8. The highest BCUT2D eigenvalue weighted by Gasteiger charge is 2.14. The summed E-state index contributed by atoms with van der Waals surface area (Å²) in [6.07, 6.45) is 4.50. The molecule has 1 aromatic carbocycles. The van der Waals surface area contributed by atoms with Crippen molar-refractivity contribution in [3.05, 3.63) is 28.2 Å². The number of nitrogens with one attached hydrogen (secondary N) is 1. The third-order valence-corrected chi connectivity index (χ3v) is 3.43. The van der Waals surface area contributed by atoms with Crippen molar-refractivity contribution in [3.63, 3.8) is 0 Å². The number of carboxylic acids is 1. The first-order chi connectivity index (χ1) is 9.06. The van der Waals surface area contributed by atoms with Gasteiger partial charge in [-0.3, -0.25) is 4.79 Å². The molecule has 0 spiro atoms. The summed E-state index contributed by atoms with van der Waals surface area (Å²) in [7, 11) is 0. The quantitative estimate of drug-likeness (QED) is 0.742. The van der Waals surface area contributed by atoms with Gasteiger partial charge in [-0.25, -0.2) is 4.79 Å². The molecule has 0 saturated heterocycles. The van der Waals surface area contributed by atoms with E-state index in [2.05, 4.69) is 28.2 Å². The third kappa shape index (κ3) is 5.03. The van der Waals surface area contributed by atoms with Gasteiger partial charge in [-0.05, 0) is 34.5 Å². The molecule has 0 atom stereocenters. The second kappa shape index (κ2) is 7.94. The number of carboxylic acid groups (broad SMARTS) is 1. The Bertz CT molecular complexity index is 460. The van der Waals surface area contributed by atoms with Crippen molar-refractivity contribution in [2.24, 2.45) is 0 Å². The average Bonchev–Trinajstić information content (AvgIpc) is 2.37. The van der Waals surface area contributed by atoms with Crippen LogP contribution < -0.4 is 5.32 Å². The summed E-state index contributed by atoms with van der Waals surface area (Å²) in [4.78, 5) is 22.9. The molecule has 0 radical (unpaired) electrons. The molecule has 104 valence electrons. The van der Waals surface area contributed by atoms with Crippen LogP contribution in [0.1, 0.15) is 49.4 Å². The Morgan fingerprint density at radius 1 is 1.26 bits per heavy atom. The SMILES string of the molecule is CCCCCCC(=O)Nc1c(Br)cccc1C(=O)O. The molecule has 0 heterocycles. The Kier molecular flexibility index (Phi) is 6.56. The molecular weight excluding hydrogens is 310 g/mol. The van der Waals surface area contributed by atoms with Crippen molar-refractivity contribution < 1.29 is 14.7 Å². The molecule has 0 aliphatic rings. The highest BCUT2D eigenvalue weighted by molar-refractivity contribution is 9.10. The Hall–Kier alpha value is -1.36. The predicted octanol–water partition coefficient (Wildman–Crippen LogP) is 4.06. The number of halogens is 1. The number of amides is 1. The Balaban J connectivity index is 2.66. The van der Waals surface area contributed by atoms with Crippen LogP contribution in [0.2, 0.25) is 0 Å². The van der Waals surface area contributed by atoms with E-state index in [1.54, 1.807) is 12.1 Å². The zero-order valence-corrected chi connectivity index (χ0v) is 12.5. The molecule has 0 aromatic heterocycles. The Morgan fingerprint density at radius 2 is 2.00 bits per heavy atom. The number of hydrogen-bond donors (Lipinski definition) is 2. The van der Waals surface area contributed by atoms with Gasteiger partial charge in [0.25, 0.3) is 0 Å². The van der Waals surface area contributed by atoms with Gasteiger partial charge in [0.05, 0.1) is 11.3 Å². The number of hydrogen-bond acceptors (Lipinski definition) is 2. The normalized spacial score (nSPS) is 10.2. The number of carbonyl (C=O) groups is 2. The van der Waals surface area contributed by atoms with E-state index in [0.29, 0.717) is 16.6 Å². The predicted molar refractivity (Wildman–Crippen MR) is 78.5 cm³/mol.